The highest BCUT2D eigenvalue weighted by atomic mass is 32.2. The summed E-state index contributed by atoms with van der Waals surface area (Å²) in [5.41, 5.74) is 0.711. The number of aromatic nitrogens is 1. The third kappa shape index (κ3) is 3.96. The van der Waals surface area contributed by atoms with Gasteiger partial charge in [0.05, 0.1) is 20.0 Å². The minimum absolute atomic E-state index is 0.0247. The van der Waals surface area contributed by atoms with Crippen LogP contribution in [0.4, 0.5) is 0 Å². The van der Waals surface area contributed by atoms with E-state index >= 15 is 0 Å². The number of piperazine rings is 1. The van der Waals surface area contributed by atoms with Gasteiger partial charge in [-0.05, 0) is 44.2 Å². The molecule has 0 N–H and O–H groups in total. The number of hydrogen-bond donors (Lipinski definition) is 0. The summed E-state index contributed by atoms with van der Waals surface area (Å²) < 4.78 is 56.7. The highest BCUT2D eigenvalue weighted by Crippen LogP contribution is 2.27. The van der Waals surface area contributed by atoms with Crippen LogP contribution in [0.3, 0.4) is 0 Å². The largest absolute Gasteiger partial charge is 0.308 e. The van der Waals surface area contributed by atoms with Gasteiger partial charge in [-0.2, -0.15) is 8.61 Å². The van der Waals surface area contributed by atoms with Crippen molar-refractivity contribution in [2.24, 2.45) is 0 Å². The Balaban J connectivity index is 1.56. The molecular weight excluding hydrogens is 458 g/mol. The first-order chi connectivity index (χ1) is 14.6. The molecule has 0 unspecified atom stereocenters. The third-order valence-corrected chi connectivity index (χ3v) is 10.0. The molecule has 11 heteroatoms. The lowest BCUT2D eigenvalue weighted by Gasteiger charge is -2.33. The number of nitrogens with zero attached hydrogens (tertiary/aromatic N) is 3. The molecule has 1 saturated heterocycles. The van der Waals surface area contributed by atoms with Gasteiger partial charge in [0.25, 0.3) is 0 Å². The molecule has 2 heterocycles. The SMILES string of the molecule is CC(C)n1c(=O)sc2cc(S(=O)(=O)N3CCN(S(=O)(=O)c4ccccc4)CC3)ccc21. The molecule has 0 spiro atoms. The molecule has 0 atom stereocenters. The van der Waals surface area contributed by atoms with Gasteiger partial charge >= 0.3 is 4.87 Å². The lowest BCUT2D eigenvalue weighted by molar-refractivity contribution is 0.273. The van der Waals surface area contributed by atoms with Crippen molar-refractivity contribution in [2.75, 3.05) is 26.2 Å². The van der Waals surface area contributed by atoms with Gasteiger partial charge in [-0.25, -0.2) is 16.8 Å². The molecule has 3 aromatic rings. The summed E-state index contributed by atoms with van der Waals surface area (Å²) in [5, 5.41) is 0. The second kappa shape index (κ2) is 8.14. The molecule has 0 radical (unpaired) electrons. The highest BCUT2D eigenvalue weighted by Gasteiger charge is 2.34. The van der Waals surface area contributed by atoms with E-state index in [1.165, 1.54) is 32.9 Å². The molecule has 166 valence electrons. The molecule has 0 bridgehead atoms. The van der Waals surface area contributed by atoms with Crippen molar-refractivity contribution in [2.45, 2.75) is 29.7 Å². The Hall–Kier alpha value is -2.05. The molecule has 31 heavy (non-hydrogen) atoms. The van der Waals surface area contributed by atoms with Crippen LogP contribution in [0, 0.1) is 0 Å². The molecule has 0 amide bonds. The van der Waals surface area contributed by atoms with E-state index in [4.69, 9.17) is 0 Å². The topological polar surface area (TPSA) is 96.8 Å². The van der Waals surface area contributed by atoms with Crippen molar-refractivity contribution in [1.29, 1.82) is 0 Å². The number of hydrogen-bond acceptors (Lipinski definition) is 6. The molecule has 2 aromatic carbocycles. The molecular formula is C20H23N3O5S3. The van der Waals surface area contributed by atoms with E-state index in [1.807, 2.05) is 13.8 Å². The standard InChI is InChI=1S/C20H23N3O5S3/c1-15(2)23-18-9-8-17(14-19(18)29-20(23)24)31(27,28)22-12-10-21(11-13-22)30(25,26)16-6-4-3-5-7-16/h3-9,14-15H,10-13H2,1-2H3. The van der Waals surface area contributed by atoms with Crippen LogP contribution in [0.15, 0.2) is 63.1 Å². The van der Waals surface area contributed by atoms with Crippen molar-refractivity contribution >= 4 is 41.6 Å². The van der Waals surface area contributed by atoms with Gasteiger partial charge in [0.1, 0.15) is 0 Å². The van der Waals surface area contributed by atoms with Gasteiger partial charge in [0.2, 0.25) is 20.0 Å². The van der Waals surface area contributed by atoms with E-state index in [-0.39, 0.29) is 46.9 Å². The zero-order valence-electron chi connectivity index (χ0n) is 17.1. The fourth-order valence-electron chi connectivity index (χ4n) is 3.71. The van der Waals surface area contributed by atoms with Crippen molar-refractivity contribution in [3.05, 3.63) is 58.2 Å². The predicted molar refractivity (Wildman–Crippen MR) is 120 cm³/mol. The van der Waals surface area contributed by atoms with E-state index < -0.39 is 20.0 Å². The Morgan fingerprint density at radius 1 is 0.806 bits per heavy atom. The van der Waals surface area contributed by atoms with Gasteiger partial charge < -0.3 is 0 Å². The van der Waals surface area contributed by atoms with E-state index in [0.29, 0.717) is 10.2 Å². The fourth-order valence-corrected chi connectivity index (χ4v) is 7.73. The summed E-state index contributed by atoms with van der Waals surface area (Å²) in [7, 11) is -7.46. The Labute approximate surface area is 185 Å². The van der Waals surface area contributed by atoms with Crippen LogP contribution < -0.4 is 4.87 Å². The minimum atomic E-state index is -3.80. The average molecular weight is 482 g/mol. The first-order valence-corrected chi connectivity index (χ1v) is 13.5. The molecule has 0 saturated carbocycles. The molecule has 0 aliphatic carbocycles. The van der Waals surface area contributed by atoms with E-state index in [2.05, 4.69) is 0 Å². The van der Waals surface area contributed by atoms with Crippen LogP contribution in [0.1, 0.15) is 19.9 Å². The number of fused-ring (bicyclic) bond motifs is 1. The fraction of sp³-hybridized carbons (Fsp3) is 0.350. The van der Waals surface area contributed by atoms with Crippen LogP contribution in [0.5, 0.6) is 0 Å². The van der Waals surface area contributed by atoms with Gasteiger partial charge in [0, 0.05) is 32.2 Å². The summed E-state index contributed by atoms with van der Waals surface area (Å²) in [6.45, 7) is 4.10. The first-order valence-electron chi connectivity index (χ1n) is 9.83. The molecule has 4 rings (SSSR count). The van der Waals surface area contributed by atoms with Gasteiger partial charge in [0.15, 0.2) is 0 Å². The predicted octanol–water partition coefficient (Wildman–Crippen LogP) is 2.34. The second-order valence-electron chi connectivity index (χ2n) is 7.58. The Morgan fingerprint density at radius 3 is 1.90 bits per heavy atom. The maximum Gasteiger partial charge on any atom is 0.308 e. The van der Waals surface area contributed by atoms with Crippen LogP contribution in [-0.4, -0.2) is 56.2 Å². The molecule has 1 aromatic heterocycles. The van der Waals surface area contributed by atoms with Crippen molar-refractivity contribution in [1.82, 2.24) is 13.2 Å². The van der Waals surface area contributed by atoms with Crippen molar-refractivity contribution in [3.8, 4) is 0 Å². The highest BCUT2D eigenvalue weighted by molar-refractivity contribution is 7.89. The lowest BCUT2D eigenvalue weighted by atomic mass is 10.3. The zero-order valence-corrected chi connectivity index (χ0v) is 19.6. The quantitative estimate of drug-likeness (QED) is 0.557. The maximum atomic E-state index is 13.2. The third-order valence-electron chi connectivity index (χ3n) is 5.32. The zero-order chi connectivity index (χ0) is 22.4. The molecule has 1 fully saturated rings. The Morgan fingerprint density at radius 2 is 1.35 bits per heavy atom. The van der Waals surface area contributed by atoms with Crippen LogP contribution >= 0.6 is 11.3 Å². The first kappa shape index (κ1) is 22.2. The summed E-state index contributed by atoms with van der Waals surface area (Å²) in [6, 6.07) is 12.8. The van der Waals surface area contributed by atoms with E-state index in [9.17, 15) is 21.6 Å². The van der Waals surface area contributed by atoms with Gasteiger partial charge in [-0.3, -0.25) is 9.36 Å². The Bertz CT molecular complexity index is 1370. The summed E-state index contributed by atoms with van der Waals surface area (Å²) in [6.07, 6.45) is 0. The van der Waals surface area contributed by atoms with Crippen molar-refractivity contribution in [3.63, 3.8) is 0 Å². The van der Waals surface area contributed by atoms with Crippen LogP contribution in [0.2, 0.25) is 0 Å². The number of sulfonamides is 2. The molecule has 8 nitrogen and oxygen atoms in total. The van der Waals surface area contributed by atoms with E-state index in [0.717, 1.165) is 11.3 Å². The van der Waals surface area contributed by atoms with Gasteiger partial charge in [-0.15, -0.1) is 0 Å². The number of benzene rings is 2. The monoisotopic (exact) mass is 481 g/mol. The summed E-state index contributed by atoms with van der Waals surface area (Å²) >= 11 is 1.02. The smallest absolute Gasteiger partial charge is 0.296 e. The maximum absolute atomic E-state index is 13.2. The van der Waals surface area contributed by atoms with Crippen LogP contribution in [0.25, 0.3) is 10.2 Å². The lowest BCUT2D eigenvalue weighted by Crippen LogP contribution is -2.50. The number of rotatable bonds is 5. The van der Waals surface area contributed by atoms with Crippen molar-refractivity contribution < 1.29 is 16.8 Å². The number of thiazole rings is 1. The minimum Gasteiger partial charge on any atom is -0.296 e. The summed E-state index contributed by atoms with van der Waals surface area (Å²) in [5.74, 6) is 0. The molecule has 1 aliphatic heterocycles. The average Bonchev–Trinajstić information content (AvgIpc) is 3.09. The Kier molecular flexibility index (Phi) is 5.81. The van der Waals surface area contributed by atoms with E-state index in [1.54, 1.807) is 28.8 Å². The second-order valence-corrected chi connectivity index (χ2v) is 12.5. The van der Waals surface area contributed by atoms with Gasteiger partial charge in [-0.1, -0.05) is 29.5 Å². The normalized spacial score (nSPS) is 16.9. The summed E-state index contributed by atoms with van der Waals surface area (Å²) in [4.78, 5) is 12.4. The molecule has 1 aliphatic rings. The van der Waals surface area contributed by atoms with Crippen LogP contribution in [-0.2, 0) is 20.0 Å².